The number of phenolic OH excluding ortho intramolecular Hbond substituents is 1. The Morgan fingerprint density at radius 1 is 1.35 bits per heavy atom. The van der Waals surface area contributed by atoms with E-state index in [0.29, 0.717) is 41.0 Å². The minimum Gasteiger partial charge on any atom is -0.508 e. The van der Waals surface area contributed by atoms with Crippen LogP contribution in [-0.4, -0.2) is 27.2 Å². The number of aryl methyl sites for hydroxylation is 2. The number of aliphatic hydroxyl groups excluding tert-OH is 1. The number of carbonyl (C=O) groups is 1. The van der Waals surface area contributed by atoms with Crippen LogP contribution in [0.15, 0.2) is 24.4 Å². The van der Waals surface area contributed by atoms with Crippen molar-refractivity contribution in [2.45, 2.75) is 70.8 Å². The number of fused-ring (bicyclic) bond motifs is 5. The van der Waals surface area contributed by atoms with E-state index in [1.54, 1.807) is 6.20 Å². The largest absolute Gasteiger partial charge is 0.508 e. The number of nitrogens with one attached hydrogen (secondary N) is 1. The predicted octanol–water partition coefficient (Wildman–Crippen LogP) is 5.02. The van der Waals surface area contributed by atoms with Crippen LogP contribution in [0.3, 0.4) is 0 Å². The maximum atomic E-state index is 12.5. The number of aromatic hydroxyl groups is 1. The molecule has 3 N–H and O–H groups in total. The minimum atomic E-state index is -0.283. The van der Waals surface area contributed by atoms with Crippen molar-refractivity contribution in [1.29, 1.82) is 0 Å². The van der Waals surface area contributed by atoms with Gasteiger partial charge in [-0.1, -0.05) is 13.0 Å². The Bertz CT molecular complexity index is 989. The van der Waals surface area contributed by atoms with Crippen molar-refractivity contribution in [2.24, 2.45) is 23.2 Å². The molecule has 2 fully saturated rings. The molecule has 0 radical (unpaired) electrons. The fraction of sp³-hybridized carbons (Fsp3) is 0.600. The molecule has 4 unspecified atom stereocenters. The normalized spacial score (nSPS) is 34.0. The fourth-order valence-corrected chi connectivity index (χ4v) is 7.71. The van der Waals surface area contributed by atoms with Gasteiger partial charge >= 0.3 is 0 Å². The molecule has 2 aromatic rings. The number of hydrogen-bond donors (Lipinski definition) is 3. The second-order valence-corrected chi connectivity index (χ2v) is 11.4. The molecule has 1 aromatic carbocycles. The van der Waals surface area contributed by atoms with Crippen molar-refractivity contribution in [3.8, 4) is 5.75 Å². The standard InChI is InChI=1S/C25H32N2O3S/c1-14-13-26-24(31-14)27-22(30)8-4-16-12-21(29)25(2)10-9-19-18-7-5-17(28)11-15(18)3-6-20(19)23(16)25/h5,7,11,13,16,19-21,23,28-29H,3-4,6,8-10,12H2,1-2H3,(H,26,27,30)/t16-,19?,20?,21+,23?,25?/m1/s1. The smallest absolute Gasteiger partial charge is 0.226 e. The van der Waals surface area contributed by atoms with E-state index in [2.05, 4.69) is 23.3 Å². The third-order valence-corrected chi connectivity index (χ3v) is 9.24. The lowest BCUT2D eigenvalue weighted by atomic mass is 9.54. The van der Waals surface area contributed by atoms with E-state index in [4.69, 9.17) is 0 Å². The maximum Gasteiger partial charge on any atom is 0.226 e. The SMILES string of the molecule is Cc1cnc(NC(=O)CC[C@@H]2C[C@H](O)C3(C)CCC4c5ccc(O)cc5CCC4C23)s1. The van der Waals surface area contributed by atoms with Gasteiger partial charge in [0.2, 0.25) is 5.91 Å². The van der Waals surface area contributed by atoms with Gasteiger partial charge in [0.15, 0.2) is 5.13 Å². The monoisotopic (exact) mass is 440 g/mol. The highest BCUT2D eigenvalue weighted by Gasteiger charge is 2.58. The Hall–Kier alpha value is -1.92. The number of aromatic nitrogens is 1. The van der Waals surface area contributed by atoms with Crippen LogP contribution in [-0.2, 0) is 11.2 Å². The number of amides is 1. The number of rotatable bonds is 4. The molecule has 0 bridgehead atoms. The van der Waals surface area contributed by atoms with Gasteiger partial charge in [-0.3, -0.25) is 4.79 Å². The zero-order valence-corrected chi connectivity index (χ0v) is 19.1. The molecule has 5 nitrogen and oxygen atoms in total. The molecule has 0 spiro atoms. The van der Waals surface area contributed by atoms with Gasteiger partial charge in [-0.2, -0.15) is 0 Å². The number of thiazole rings is 1. The van der Waals surface area contributed by atoms with E-state index in [0.717, 1.165) is 43.4 Å². The van der Waals surface area contributed by atoms with Crippen LogP contribution in [0.2, 0.25) is 0 Å². The van der Waals surface area contributed by atoms with Crippen LogP contribution in [0.25, 0.3) is 0 Å². The number of carbonyl (C=O) groups excluding carboxylic acids is 1. The maximum absolute atomic E-state index is 12.5. The van der Waals surface area contributed by atoms with Crippen molar-refractivity contribution in [3.05, 3.63) is 40.4 Å². The van der Waals surface area contributed by atoms with Crippen molar-refractivity contribution in [2.75, 3.05) is 5.32 Å². The van der Waals surface area contributed by atoms with Crippen LogP contribution in [0.5, 0.6) is 5.75 Å². The third-order valence-electron chi connectivity index (χ3n) is 8.41. The Morgan fingerprint density at radius 2 is 2.19 bits per heavy atom. The summed E-state index contributed by atoms with van der Waals surface area (Å²) in [7, 11) is 0. The summed E-state index contributed by atoms with van der Waals surface area (Å²) in [4.78, 5) is 17.9. The van der Waals surface area contributed by atoms with Crippen LogP contribution < -0.4 is 5.32 Å². The highest BCUT2D eigenvalue weighted by Crippen LogP contribution is 2.63. The average molecular weight is 441 g/mol. The summed E-state index contributed by atoms with van der Waals surface area (Å²) in [5.74, 6) is 2.24. The number of phenols is 1. The first-order chi connectivity index (χ1) is 14.8. The van der Waals surface area contributed by atoms with Crippen molar-refractivity contribution in [3.63, 3.8) is 0 Å². The minimum absolute atomic E-state index is 0.0225. The fourth-order valence-electron chi connectivity index (χ4n) is 7.03. The van der Waals surface area contributed by atoms with Gasteiger partial charge in [0.1, 0.15) is 5.75 Å². The number of nitrogens with zero attached hydrogens (tertiary/aromatic N) is 1. The summed E-state index contributed by atoms with van der Waals surface area (Å²) in [6.45, 7) is 4.26. The summed E-state index contributed by atoms with van der Waals surface area (Å²) < 4.78 is 0. The van der Waals surface area contributed by atoms with Gasteiger partial charge in [0.05, 0.1) is 6.10 Å². The molecular weight excluding hydrogens is 408 g/mol. The summed E-state index contributed by atoms with van der Waals surface area (Å²) in [5, 5.41) is 24.6. The van der Waals surface area contributed by atoms with E-state index in [-0.39, 0.29) is 17.4 Å². The molecule has 1 aromatic heterocycles. The molecule has 1 amide bonds. The topological polar surface area (TPSA) is 82.5 Å². The van der Waals surface area contributed by atoms with Gasteiger partial charge in [-0.05, 0) is 97.8 Å². The van der Waals surface area contributed by atoms with Gasteiger partial charge in [-0.25, -0.2) is 4.98 Å². The zero-order chi connectivity index (χ0) is 21.8. The van der Waals surface area contributed by atoms with Gasteiger partial charge < -0.3 is 15.5 Å². The Balaban J connectivity index is 1.33. The summed E-state index contributed by atoms with van der Waals surface area (Å²) in [6, 6.07) is 5.87. The van der Waals surface area contributed by atoms with Gasteiger partial charge in [0, 0.05) is 17.5 Å². The second kappa shape index (κ2) is 7.89. The van der Waals surface area contributed by atoms with Crippen LogP contribution in [0.1, 0.15) is 67.4 Å². The quantitative estimate of drug-likeness (QED) is 0.623. The number of anilines is 1. The second-order valence-electron chi connectivity index (χ2n) is 10.1. The molecule has 6 heteroatoms. The highest BCUT2D eigenvalue weighted by atomic mass is 32.1. The van der Waals surface area contributed by atoms with Gasteiger partial charge in [0.25, 0.3) is 0 Å². The summed E-state index contributed by atoms with van der Waals surface area (Å²) in [5.41, 5.74) is 2.63. The summed E-state index contributed by atoms with van der Waals surface area (Å²) in [6.07, 6.45) is 7.82. The van der Waals surface area contributed by atoms with E-state index in [1.165, 1.54) is 22.5 Å². The average Bonchev–Trinajstić information content (AvgIpc) is 3.25. The molecule has 5 rings (SSSR count). The van der Waals surface area contributed by atoms with Crippen LogP contribution in [0.4, 0.5) is 5.13 Å². The number of aliphatic hydroxyl groups is 1. The molecule has 0 aliphatic heterocycles. The first kappa shape index (κ1) is 21.0. The Kier molecular flexibility index (Phi) is 5.33. The third kappa shape index (κ3) is 3.68. The molecule has 1 heterocycles. The van der Waals surface area contributed by atoms with E-state index in [9.17, 15) is 15.0 Å². The molecule has 2 saturated carbocycles. The summed E-state index contributed by atoms with van der Waals surface area (Å²) >= 11 is 1.50. The first-order valence-corrected chi connectivity index (χ1v) is 12.4. The molecule has 0 saturated heterocycles. The van der Waals surface area contributed by atoms with Crippen molar-refractivity contribution >= 4 is 22.4 Å². The van der Waals surface area contributed by atoms with Crippen molar-refractivity contribution in [1.82, 2.24) is 4.98 Å². The molecule has 166 valence electrons. The Labute approximate surface area is 187 Å². The first-order valence-electron chi connectivity index (χ1n) is 11.6. The lowest BCUT2D eigenvalue weighted by Crippen LogP contribution is -2.45. The van der Waals surface area contributed by atoms with E-state index >= 15 is 0 Å². The lowest BCUT2D eigenvalue weighted by molar-refractivity contribution is -0.116. The molecular formula is C25H32N2O3S. The van der Waals surface area contributed by atoms with Crippen LogP contribution >= 0.6 is 11.3 Å². The molecule has 3 aliphatic carbocycles. The highest BCUT2D eigenvalue weighted by molar-refractivity contribution is 7.15. The zero-order valence-electron chi connectivity index (χ0n) is 18.3. The molecule has 3 aliphatic rings. The molecule has 6 atom stereocenters. The van der Waals surface area contributed by atoms with E-state index in [1.807, 2.05) is 19.1 Å². The molecule has 31 heavy (non-hydrogen) atoms. The Morgan fingerprint density at radius 3 is 2.97 bits per heavy atom. The van der Waals surface area contributed by atoms with Crippen molar-refractivity contribution < 1.29 is 15.0 Å². The van der Waals surface area contributed by atoms with E-state index < -0.39 is 0 Å². The lowest BCUT2D eigenvalue weighted by Gasteiger charge is -2.51. The number of hydrogen-bond acceptors (Lipinski definition) is 5. The van der Waals surface area contributed by atoms with Gasteiger partial charge in [-0.15, -0.1) is 11.3 Å². The predicted molar refractivity (Wildman–Crippen MR) is 122 cm³/mol. The van der Waals surface area contributed by atoms with Crippen LogP contribution in [0, 0.1) is 30.1 Å². The number of benzene rings is 1.